The Morgan fingerprint density at radius 1 is 1.78 bits per heavy atom. The van der Waals surface area contributed by atoms with Gasteiger partial charge in [-0.1, -0.05) is 6.08 Å². The minimum Gasteiger partial charge on any atom is -0.402 e. The number of carbonyl (C=O) groups is 1. The lowest BCUT2D eigenvalue weighted by atomic mass is 10.0. The van der Waals surface area contributed by atoms with Gasteiger partial charge in [0.15, 0.2) is 5.78 Å². The van der Waals surface area contributed by atoms with Crippen molar-refractivity contribution in [1.29, 1.82) is 0 Å². The molecule has 1 unspecified atom stereocenters. The lowest BCUT2D eigenvalue weighted by Crippen LogP contribution is -2.29. The minimum absolute atomic E-state index is 0.135. The average molecular weight is 140 g/mol. The summed E-state index contributed by atoms with van der Waals surface area (Å²) >= 11 is 0.718. The number of aliphatic hydroxyl groups is 1. The van der Waals surface area contributed by atoms with Gasteiger partial charge < -0.3 is 5.11 Å². The molecule has 1 aliphatic carbocycles. The minimum atomic E-state index is -0.603. The van der Waals surface area contributed by atoms with Gasteiger partial charge in [0.05, 0.1) is 0 Å². The third-order valence-corrected chi connectivity index (χ3v) is 2.34. The lowest BCUT2D eigenvalue weighted by molar-refractivity contribution is -0.115. The van der Waals surface area contributed by atoms with Gasteiger partial charge in [0.2, 0.25) is 0 Å². The summed E-state index contributed by atoms with van der Waals surface area (Å²) in [6, 6.07) is 0. The Balaban J connectivity index is 2.69. The van der Waals surface area contributed by atoms with Crippen LogP contribution in [0.3, 0.4) is 0 Å². The summed E-state index contributed by atoms with van der Waals surface area (Å²) in [5, 5.41) is 9.31. The topological polar surface area (TPSA) is 37.3 Å². The summed E-state index contributed by atoms with van der Waals surface area (Å²) in [5.41, 5.74) is 0. The molecule has 48 valence electrons. The Hall–Kier alpha value is -0.0975. The molecule has 2 nitrogen and oxygen atoms in total. The molecule has 0 spiro atoms. The van der Waals surface area contributed by atoms with Gasteiger partial charge in [-0.05, 0) is 12.5 Å². The second kappa shape index (κ2) is 2.26. The summed E-state index contributed by atoms with van der Waals surface area (Å²) in [4.78, 5) is 10.6. The summed E-state index contributed by atoms with van der Waals surface area (Å²) in [6.45, 7) is 0. The molecular formula is C6H9AlO2. The molecule has 0 aromatic rings. The van der Waals surface area contributed by atoms with Crippen molar-refractivity contribution in [2.24, 2.45) is 0 Å². The molecule has 1 N–H and O–H groups in total. The third kappa shape index (κ3) is 1.94. The molecule has 9 heavy (non-hydrogen) atoms. The highest BCUT2D eigenvalue weighted by Gasteiger charge is 2.20. The Kier molecular flexibility index (Phi) is 1.76. The standard InChI is InChI=1S/C6H7O2.Al.2H/c7-5-1-2-6(8)4-3-5;;;/h1-2,7H,3-4H2;;;. The number of allylic oxidation sites excluding steroid dienone is 1. The molecular weight excluding hydrogens is 131 g/mol. The number of ketones is 1. The first kappa shape index (κ1) is 7.01. The number of rotatable bonds is 0. The van der Waals surface area contributed by atoms with Crippen LogP contribution in [0, 0.1) is 0 Å². The Labute approximate surface area is 62.0 Å². The van der Waals surface area contributed by atoms with Crippen LogP contribution in [-0.4, -0.2) is 31.6 Å². The zero-order valence-electron chi connectivity index (χ0n) is 5.42. The lowest BCUT2D eigenvalue weighted by Gasteiger charge is -2.21. The second-order valence-electron chi connectivity index (χ2n) is 2.66. The van der Waals surface area contributed by atoms with Crippen molar-refractivity contribution in [1.82, 2.24) is 0 Å². The monoisotopic (exact) mass is 140 g/mol. The van der Waals surface area contributed by atoms with E-state index in [4.69, 9.17) is 0 Å². The van der Waals surface area contributed by atoms with Crippen molar-refractivity contribution >= 4 is 22.1 Å². The highest BCUT2D eigenvalue weighted by atomic mass is 27.0. The maximum absolute atomic E-state index is 10.6. The van der Waals surface area contributed by atoms with Crippen molar-refractivity contribution in [2.45, 2.75) is 17.3 Å². The molecule has 0 amide bonds. The van der Waals surface area contributed by atoms with Gasteiger partial charge in [-0.15, -0.1) is 0 Å². The highest BCUT2D eigenvalue weighted by molar-refractivity contribution is 6.16. The first-order valence-electron chi connectivity index (χ1n) is 3.05. The van der Waals surface area contributed by atoms with Crippen LogP contribution in [0.5, 0.6) is 0 Å². The summed E-state index contributed by atoms with van der Waals surface area (Å²) in [5.74, 6) is 0.135. The maximum Gasteiger partial charge on any atom is 0.270 e. The van der Waals surface area contributed by atoms with E-state index in [2.05, 4.69) is 0 Å². The van der Waals surface area contributed by atoms with Gasteiger partial charge in [0.1, 0.15) is 0 Å². The van der Waals surface area contributed by atoms with Crippen molar-refractivity contribution in [3.8, 4) is 0 Å². The van der Waals surface area contributed by atoms with Crippen LogP contribution >= 0.6 is 0 Å². The average Bonchev–Trinajstić information content (AvgIpc) is 1.78. The molecule has 0 saturated heterocycles. The number of hydrogen-bond acceptors (Lipinski definition) is 2. The van der Waals surface area contributed by atoms with E-state index in [-0.39, 0.29) is 5.78 Å². The van der Waals surface area contributed by atoms with Gasteiger partial charge in [-0.3, -0.25) is 4.79 Å². The first-order chi connectivity index (χ1) is 4.10. The molecule has 0 fully saturated rings. The van der Waals surface area contributed by atoms with E-state index in [9.17, 15) is 9.90 Å². The Bertz CT molecular complexity index is 160. The fourth-order valence-electron chi connectivity index (χ4n) is 0.815. The molecule has 3 heteroatoms. The molecule has 1 aliphatic rings. The van der Waals surface area contributed by atoms with Crippen molar-refractivity contribution in [3.05, 3.63) is 12.2 Å². The van der Waals surface area contributed by atoms with E-state index in [0.717, 1.165) is 16.3 Å². The van der Waals surface area contributed by atoms with Gasteiger partial charge >= 0.3 is 0 Å². The molecule has 0 aromatic carbocycles. The number of carbonyl (C=O) groups excluding carboxylic acids is 1. The van der Waals surface area contributed by atoms with Crippen molar-refractivity contribution < 1.29 is 9.90 Å². The van der Waals surface area contributed by atoms with E-state index in [1.165, 1.54) is 6.08 Å². The first-order valence-corrected chi connectivity index (χ1v) is 4.05. The van der Waals surface area contributed by atoms with E-state index >= 15 is 0 Å². The van der Waals surface area contributed by atoms with Crippen LogP contribution in [0.1, 0.15) is 12.8 Å². The van der Waals surface area contributed by atoms with Crippen LogP contribution in [-0.2, 0) is 4.79 Å². The van der Waals surface area contributed by atoms with Crippen LogP contribution in [0.4, 0.5) is 0 Å². The fraction of sp³-hybridized carbons (Fsp3) is 0.500. The molecule has 0 saturated carbocycles. The zero-order chi connectivity index (χ0) is 6.91. The normalized spacial score (nSPS) is 35.0. The van der Waals surface area contributed by atoms with Crippen LogP contribution in [0.25, 0.3) is 0 Å². The highest BCUT2D eigenvalue weighted by Crippen LogP contribution is 2.15. The molecule has 0 heterocycles. The summed E-state index contributed by atoms with van der Waals surface area (Å²) in [7, 11) is 0. The van der Waals surface area contributed by atoms with Gasteiger partial charge in [0, 0.05) is 10.9 Å². The van der Waals surface area contributed by atoms with Crippen LogP contribution < -0.4 is 0 Å². The molecule has 1 atom stereocenters. The zero-order valence-corrected chi connectivity index (χ0v) is 7.42. The molecule has 1 rings (SSSR count). The molecule has 0 bridgehead atoms. The van der Waals surface area contributed by atoms with Crippen molar-refractivity contribution in [3.63, 3.8) is 0 Å². The SMILES string of the molecule is O=C1C=C[C](O)([AlH2])CC1. The summed E-state index contributed by atoms with van der Waals surface area (Å²) < 4.78 is -0.603. The third-order valence-electron chi connectivity index (χ3n) is 1.51. The van der Waals surface area contributed by atoms with Gasteiger partial charge in [-0.2, -0.15) is 0 Å². The molecule has 0 aromatic heterocycles. The predicted molar refractivity (Wildman–Crippen MR) is 36.9 cm³/mol. The Morgan fingerprint density at radius 2 is 2.44 bits per heavy atom. The van der Waals surface area contributed by atoms with Crippen LogP contribution in [0.15, 0.2) is 12.2 Å². The van der Waals surface area contributed by atoms with E-state index in [1.807, 2.05) is 0 Å². The summed E-state index contributed by atoms with van der Waals surface area (Å²) in [6.07, 6.45) is 4.23. The number of hydrogen-bond donors (Lipinski definition) is 1. The molecule has 0 radical (unpaired) electrons. The molecule has 0 aliphatic heterocycles. The maximum atomic E-state index is 10.6. The van der Waals surface area contributed by atoms with Gasteiger partial charge in [-0.25, -0.2) is 0 Å². The largest absolute Gasteiger partial charge is 0.402 e. The Morgan fingerprint density at radius 3 is 2.78 bits per heavy atom. The predicted octanol–water partition coefficient (Wildman–Crippen LogP) is -0.773. The quantitative estimate of drug-likeness (QED) is 0.448. The van der Waals surface area contributed by atoms with E-state index < -0.39 is 4.46 Å². The van der Waals surface area contributed by atoms with E-state index in [0.29, 0.717) is 12.8 Å². The smallest absolute Gasteiger partial charge is 0.270 e. The van der Waals surface area contributed by atoms with Crippen LogP contribution in [0.2, 0.25) is 0 Å². The fourth-order valence-corrected chi connectivity index (χ4v) is 1.23. The van der Waals surface area contributed by atoms with Gasteiger partial charge in [0.25, 0.3) is 16.3 Å². The second-order valence-corrected chi connectivity index (χ2v) is 4.39. The van der Waals surface area contributed by atoms with Crippen molar-refractivity contribution in [2.75, 3.05) is 0 Å². The van der Waals surface area contributed by atoms with E-state index in [1.54, 1.807) is 6.08 Å².